The second-order valence-electron chi connectivity index (χ2n) is 16.0. The molecule has 2 saturated carbocycles. The highest BCUT2D eigenvalue weighted by molar-refractivity contribution is 7.91. The molecule has 2 aromatic heterocycles. The second-order valence-corrected chi connectivity index (χ2v) is 19.7. The number of fused-ring (bicyclic) bond motifs is 1. The number of hydrogen-bond acceptors (Lipinski definition) is 11. The molecule has 7 rings (SSSR count). The van der Waals surface area contributed by atoms with E-state index < -0.39 is 73.9 Å². The first-order chi connectivity index (χ1) is 27.3. The molecule has 4 aromatic rings. The topological polar surface area (TPSA) is 169 Å². The molecule has 2 aliphatic carbocycles. The molecule has 0 bridgehead atoms. The first kappa shape index (κ1) is 41.6. The Hall–Kier alpha value is -4.51. The van der Waals surface area contributed by atoms with Crippen LogP contribution in [0.15, 0.2) is 54.6 Å². The number of halogens is 3. The lowest BCUT2D eigenvalue weighted by atomic mass is 9.85. The number of carbonyl (C=O) groups is 3. The summed E-state index contributed by atoms with van der Waals surface area (Å²) in [5.41, 5.74) is -1.05. The van der Waals surface area contributed by atoms with Crippen molar-refractivity contribution in [2.45, 2.75) is 82.4 Å². The molecule has 0 spiro atoms. The van der Waals surface area contributed by atoms with Gasteiger partial charge >= 0.3 is 0 Å². The summed E-state index contributed by atoms with van der Waals surface area (Å²) in [4.78, 5) is 53.4. The largest absolute Gasteiger partial charge is 0.494 e. The number of pyridine rings is 1. The van der Waals surface area contributed by atoms with E-state index in [0.29, 0.717) is 50.8 Å². The highest BCUT2D eigenvalue weighted by atomic mass is 35.5. The zero-order chi connectivity index (χ0) is 41.9. The van der Waals surface area contributed by atoms with Crippen LogP contribution in [0, 0.1) is 24.1 Å². The Bertz CT molecular complexity index is 2440. The number of nitrogens with one attached hydrogen (secondary N) is 3. The lowest BCUT2D eigenvalue weighted by molar-refractivity contribution is -0.141. The molecule has 2 aromatic carbocycles. The smallest absolute Gasteiger partial charge is 0.259 e. The zero-order valence-electron chi connectivity index (χ0n) is 32.4. The van der Waals surface area contributed by atoms with Crippen molar-refractivity contribution in [3.63, 3.8) is 0 Å². The molecular formula is C40H43Cl2FN6O7S2. The Balaban J connectivity index is 1.20. The van der Waals surface area contributed by atoms with E-state index in [1.54, 1.807) is 36.6 Å². The predicted molar refractivity (Wildman–Crippen MR) is 221 cm³/mol. The number of rotatable bonds is 13. The van der Waals surface area contributed by atoms with Crippen LogP contribution in [0.5, 0.6) is 11.6 Å². The number of ether oxygens (including phenoxy) is 2. The third-order valence-electron chi connectivity index (χ3n) is 10.8. The molecule has 3 aliphatic rings. The van der Waals surface area contributed by atoms with Gasteiger partial charge in [0.2, 0.25) is 27.7 Å². The zero-order valence-corrected chi connectivity index (χ0v) is 35.5. The quantitative estimate of drug-likeness (QED) is 0.124. The van der Waals surface area contributed by atoms with E-state index >= 15 is 0 Å². The van der Waals surface area contributed by atoms with E-state index in [2.05, 4.69) is 31.9 Å². The maximum Gasteiger partial charge on any atom is 0.259 e. The van der Waals surface area contributed by atoms with Crippen molar-refractivity contribution < 1.29 is 36.7 Å². The molecule has 0 radical (unpaired) electrons. The van der Waals surface area contributed by atoms with Crippen molar-refractivity contribution in [1.29, 1.82) is 0 Å². The number of methoxy groups -OCH3 is 1. The van der Waals surface area contributed by atoms with Gasteiger partial charge in [0, 0.05) is 44.1 Å². The molecule has 13 nitrogen and oxygen atoms in total. The lowest BCUT2D eigenvalue weighted by Crippen LogP contribution is -2.58. The SMILES string of the molecule is C=C[C@@H]1C[C@]1(NC(=O)[C@@H]1C[C@@H](Oc2ncc(OC)c3ccc(Cl)cc23)CN1C(=O)[C@@H](Nc1nc(-c2cc(C)c(Cl)cc2F)cs1)C(C)(C)C)C(=O)NS(=O)(=O)C1CC1. The Labute approximate surface area is 349 Å². The molecule has 58 heavy (non-hydrogen) atoms. The number of carbonyl (C=O) groups excluding carboxylic acids is 3. The van der Waals surface area contributed by atoms with Crippen LogP contribution >= 0.6 is 34.5 Å². The fourth-order valence-electron chi connectivity index (χ4n) is 7.23. The number of amides is 3. The van der Waals surface area contributed by atoms with Crippen LogP contribution < -0.4 is 24.8 Å². The Kier molecular flexibility index (Phi) is 11.2. The molecule has 0 unspecified atom stereocenters. The van der Waals surface area contributed by atoms with E-state index in [1.807, 2.05) is 20.8 Å². The summed E-state index contributed by atoms with van der Waals surface area (Å²) in [5.74, 6) is -2.38. The summed E-state index contributed by atoms with van der Waals surface area (Å²) in [7, 11) is -2.41. The summed E-state index contributed by atoms with van der Waals surface area (Å²) >= 11 is 13.7. The summed E-state index contributed by atoms with van der Waals surface area (Å²) < 4.78 is 54.6. The number of nitrogens with zero attached hydrogens (tertiary/aromatic N) is 3. The van der Waals surface area contributed by atoms with Gasteiger partial charge in [-0.05, 0) is 67.5 Å². The third kappa shape index (κ3) is 8.20. The van der Waals surface area contributed by atoms with Gasteiger partial charge in [0.25, 0.3) is 5.91 Å². The molecule has 308 valence electrons. The number of aryl methyl sites for hydroxylation is 1. The lowest BCUT2D eigenvalue weighted by Gasteiger charge is -2.35. The second kappa shape index (κ2) is 15.6. The summed E-state index contributed by atoms with van der Waals surface area (Å²) in [6.07, 6.45) is 3.26. The molecule has 3 amide bonds. The van der Waals surface area contributed by atoms with Crippen LogP contribution in [0.25, 0.3) is 22.0 Å². The van der Waals surface area contributed by atoms with Gasteiger partial charge in [0.15, 0.2) is 5.13 Å². The summed E-state index contributed by atoms with van der Waals surface area (Å²) in [6.45, 7) is 11.1. The van der Waals surface area contributed by atoms with Crippen LogP contribution in [0.3, 0.4) is 0 Å². The number of anilines is 1. The van der Waals surface area contributed by atoms with Crippen molar-refractivity contribution >= 4 is 78.2 Å². The van der Waals surface area contributed by atoms with Crippen LogP contribution in [0.1, 0.15) is 52.0 Å². The number of thiazole rings is 1. The van der Waals surface area contributed by atoms with Gasteiger partial charge in [0.1, 0.15) is 35.3 Å². The monoisotopic (exact) mass is 872 g/mol. The minimum absolute atomic E-state index is 0.00235. The molecule has 1 aliphatic heterocycles. The Morgan fingerprint density at radius 2 is 1.90 bits per heavy atom. The van der Waals surface area contributed by atoms with E-state index in [4.69, 9.17) is 32.7 Å². The number of sulfonamides is 1. The average Bonchev–Trinajstić information content (AvgIpc) is 4.05. The minimum atomic E-state index is -3.92. The van der Waals surface area contributed by atoms with Gasteiger partial charge in [-0.2, -0.15) is 0 Å². The number of aromatic nitrogens is 2. The minimum Gasteiger partial charge on any atom is -0.494 e. The van der Waals surface area contributed by atoms with Crippen molar-refractivity contribution in [3.8, 4) is 22.9 Å². The fraction of sp³-hybridized carbons (Fsp3) is 0.425. The molecule has 3 N–H and O–H groups in total. The fourth-order valence-corrected chi connectivity index (χ4v) is 9.65. The van der Waals surface area contributed by atoms with E-state index in [1.165, 1.54) is 41.7 Å². The van der Waals surface area contributed by atoms with Gasteiger partial charge < -0.3 is 25.0 Å². The highest BCUT2D eigenvalue weighted by Gasteiger charge is 2.62. The van der Waals surface area contributed by atoms with Gasteiger partial charge in [-0.3, -0.25) is 19.1 Å². The van der Waals surface area contributed by atoms with E-state index in [9.17, 15) is 27.2 Å². The third-order valence-corrected chi connectivity index (χ3v) is 14.0. The van der Waals surface area contributed by atoms with E-state index in [-0.39, 0.29) is 35.9 Å². The number of benzene rings is 2. The maximum absolute atomic E-state index is 15.0. The van der Waals surface area contributed by atoms with Crippen molar-refractivity contribution in [3.05, 3.63) is 76.0 Å². The average molecular weight is 874 g/mol. The van der Waals surface area contributed by atoms with Crippen LogP contribution in [0.2, 0.25) is 10.0 Å². The predicted octanol–water partition coefficient (Wildman–Crippen LogP) is 6.67. The normalized spacial score (nSPS) is 22.3. The summed E-state index contributed by atoms with van der Waals surface area (Å²) in [5, 5.41) is 9.37. The van der Waals surface area contributed by atoms with Gasteiger partial charge in [-0.25, -0.2) is 22.8 Å². The highest BCUT2D eigenvalue weighted by Crippen LogP contribution is 2.46. The molecule has 5 atom stereocenters. The van der Waals surface area contributed by atoms with Crippen molar-refractivity contribution in [1.82, 2.24) is 24.9 Å². The molecule has 3 fully saturated rings. The van der Waals surface area contributed by atoms with Gasteiger partial charge in [-0.15, -0.1) is 17.9 Å². The van der Waals surface area contributed by atoms with Crippen LogP contribution in [0.4, 0.5) is 9.52 Å². The Morgan fingerprint density at radius 1 is 1.16 bits per heavy atom. The first-order valence-electron chi connectivity index (χ1n) is 18.6. The number of hydrogen-bond donors (Lipinski definition) is 3. The number of likely N-dealkylation sites (tertiary alicyclic amines) is 1. The first-order valence-corrected chi connectivity index (χ1v) is 21.8. The maximum atomic E-state index is 15.0. The van der Waals surface area contributed by atoms with Gasteiger partial charge in [0.05, 0.1) is 30.8 Å². The van der Waals surface area contributed by atoms with Gasteiger partial charge in [-0.1, -0.05) is 50.0 Å². The Morgan fingerprint density at radius 3 is 2.55 bits per heavy atom. The molecule has 1 saturated heterocycles. The van der Waals surface area contributed by atoms with Crippen molar-refractivity contribution in [2.24, 2.45) is 11.3 Å². The molecule has 18 heteroatoms. The van der Waals surface area contributed by atoms with Crippen LogP contribution in [-0.2, 0) is 24.4 Å². The van der Waals surface area contributed by atoms with Crippen LogP contribution in [-0.4, -0.2) is 83.6 Å². The van der Waals surface area contributed by atoms with Crippen molar-refractivity contribution in [2.75, 3.05) is 19.0 Å². The molecule has 3 heterocycles. The standard InChI is InChI=1S/C40H43Cl2FN6O7S2/c1-7-21-16-40(21,37(52)48-58(53,54)24-9-10-24)47-34(50)31-14-23(56-35-26-13-22(41)8-11-25(26)32(55-6)17-44-35)18-49(31)36(51)33(39(3,4)5)46-38-45-30(19-57-38)27-12-20(2)28(42)15-29(27)43/h7-8,11-13,15,17,19,21,23-24,31,33H,1,9-10,14,16,18H2,2-6H3,(H,45,46)(H,47,50)(H,48,52)/t21-,23-,31+,33-,40-/m1/s1. The summed E-state index contributed by atoms with van der Waals surface area (Å²) in [6, 6.07) is 5.89. The molecular weight excluding hydrogens is 831 g/mol. The van der Waals surface area contributed by atoms with E-state index in [0.717, 1.165) is 0 Å².